The van der Waals surface area contributed by atoms with E-state index in [1.165, 1.54) is 6.07 Å². The number of carbonyl (C=O) groups excluding carboxylic acids is 2. The molecular weight excluding hydrogens is 536 g/mol. The van der Waals surface area contributed by atoms with Crippen molar-refractivity contribution >= 4 is 54.6 Å². The summed E-state index contributed by atoms with van der Waals surface area (Å²) < 4.78 is 11.3. The summed E-state index contributed by atoms with van der Waals surface area (Å²) in [6.07, 6.45) is 0. The van der Waals surface area contributed by atoms with Crippen molar-refractivity contribution in [2.45, 2.75) is 5.79 Å². The highest BCUT2D eigenvalue weighted by Crippen LogP contribution is 2.49. The van der Waals surface area contributed by atoms with Gasteiger partial charge in [0.05, 0.1) is 23.1 Å². The molecule has 3 aromatic rings. The van der Waals surface area contributed by atoms with Gasteiger partial charge in [0.2, 0.25) is 0 Å². The van der Waals surface area contributed by atoms with Crippen LogP contribution < -0.4 is 11.5 Å². The van der Waals surface area contributed by atoms with Crippen molar-refractivity contribution in [1.82, 2.24) is 0 Å². The Balaban J connectivity index is 2.47. The van der Waals surface area contributed by atoms with Gasteiger partial charge in [0.1, 0.15) is 16.0 Å². The number of nitrogens with two attached hydrogens (primary N) is 2. The van der Waals surface area contributed by atoms with Crippen molar-refractivity contribution in [3.8, 4) is 11.5 Å². The maximum Gasteiger partial charge on any atom is 0.323 e. The molecule has 0 aromatic heterocycles. The Bertz CT molecular complexity index is 1140. The molecule has 0 fully saturated rings. The minimum absolute atomic E-state index is 0.103. The van der Waals surface area contributed by atoms with E-state index < -0.39 is 36.6 Å². The third kappa shape index (κ3) is 4.24. The van der Waals surface area contributed by atoms with E-state index in [1.807, 2.05) is 18.2 Å². The monoisotopic (exact) mass is 552 g/mol. The lowest BCUT2D eigenvalue weighted by Crippen LogP contribution is -2.42. The largest absolute Gasteiger partial charge is 0.506 e. The normalized spacial score (nSPS) is 11.4. The number of aromatic hydroxyl groups is 2. The highest BCUT2D eigenvalue weighted by Gasteiger charge is 2.47. The highest BCUT2D eigenvalue weighted by molar-refractivity contribution is 9.11. The molecule has 0 aliphatic rings. The minimum atomic E-state index is -2.25. The molecule has 31 heavy (non-hydrogen) atoms. The third-order valence-corrected chi connectivity index (χ3v) is 5.87. The number of carbonyl (C=O) groups is 2. The van der Waals surface area contributed by atoms with Crippen molar-refractivity contribution in [3.05, 3.63) is 68.6 Å². The molecule has 0 atom stereocenters. The number of hydrogen-bond donors (Lipinski definition) is 4. The van der Waals surface area contributed by atoms with E-state index in [9.17, 15) is 19.8 Å². The summed E-state index contributed by atoms with van der Waals surface area (Å²) in [5, 5.41) is 22.4. The number of benzene rings is 3. The standard InChI is InChI=1S/C21H18Br2N2O6/c22-15-8-14(19(28)18(23)20(15)29)21(30-16(26)9-24,31-17(27)10-25)13-7-3-5-11-4-1-2-6-12(11)13/h1-8,28-29H,9-10,24-25H2. The summed E-state index contributed by atoms with van der Waals surface area (Å²) in [4.78, 5) is 24.8. The molecule has 0 amide bonds. The first kappa shape index (κ1) is 23.0. The van der Waals surface area contributed by atoms with Gasteiger partial charge in [-0.1, -0.05) is 42.5 Å². The molecule has 8 nitrogen and oxygen atoms in total. The fourth-order valence-electron chi connectivity index (χ4n) is 3.15. The topological polar surface area (TPSA) is 145 Å². The molecule has 0 heterocycles. The number of phenols is 2. The summed E-state index contributed by atoms with van der Waals surface area (Å²) in [5.41, 5.74) is 11.1. The Morgan fingerprint density at radius 3 is 2.06 bits per heavy atom. The molecule has 0 aliphatic carbocycles. The van der Waals surface area contributed by atoms with Gasteiger partial charge in [0.15, 0.2) is 0 Å². The van der Waals surface area contributed by atoms with E-state index in [2.05, 4.69) is 31.9 Å². The second-order valence-electron chi connectivity index (χ2n) is 6.42. The van der Waals surface area contributed by atoms with Crippen LogP contribution in [0.4, 0.5) is 0 Å². The molecule has 0 saturated heterocycles. The molecule has 0 saturated carbocycles. The Labute approximate surface area is 194 Å². The number of phenolic OH excluding ortho intramolecular Hbond substituents is 2. The van der Waals surface area contributed by atoms with Gasteiger partial charge in [-0.25, -0.2) is 0 Å². The average Bonchev–Trinajstić information content (AvgIpc) is 2.78. The molecular formula is C21H18Br2N2O6. The molecule has 0 unspecified atom stereocenters. The number of hydrogen-bond acceptors (Lipinski definition) is 8. The van der Waals surface area contributed by atoms with Crippen molar-refractivity contribution in [3.63, 3.8) is 0 Å². The maximum absolute atomic E-state index is 12.4. The van der Waals surface area contributed by atoms with Crippen LogP contribution in [0.15, 0.2) is 57.5 Å². The van der Waals surface area contributed by atoms with Gasteiger partial charge in [-0.05, 0) is 48.7 Å². The van der Waals surface area contributed by atoms with Gasteiger partial charge in [0.25, 0.3) is 0 Å². The lowest BCUT2D eigenvalue weighted by atomic mass is 9.91. The lowest BCUT2D eigenvalue weighted by molar-refractivity contribution is -0.217. The SMILES string of the molecule is NCC(=O)OC(OC(=O)CN)(c1cc(Br)c(O)c(Br)c1O)c1cccc2ccccc12. The molecule has 162 valence electrons. The van der Waals surface area contributed by atoms with Crippen LogP contribution in [0.3, 0.4) is 0 Å². The van der Waals surface area contributed by atoms with Crippen molar-refractivity contribution in [1.29, 1.82) is 0 Å². The molecule has 10 heteroatoms. The van der Waals surface area contributed by atoms with Crippen LogP contribution in [-0.2, 0) is 24.8 Å². The molecule has 0 radical (unpaired) electrons. The summed E-state index contributed by atoms with van der Waals surface area (Å²) in [6, 6.07) is 13.5. The van der Waals surface area contributed by atoms with Crippen molar-refractivity contribution in [2.75, 3.05) is 13.1 Å². The van der Waals surface area contributed by atoms with E-state index in [-0.39, 0.29) is 25.8 Å². The van der Waals surface area contributed by atoms with Gasteiger partial charge in [-0.3, -0.25) is 9.59 Å². The first-order valence-electron chi connectivity index (χ1n) is 8.97. The van der Waals surface area contributed by atoms with E-state index in [0.29, 0.717) is 5.39 Å². The fraction of sp³-hybridized carbons (Fsp3) is 0.143. The van der Waals surface area contributed by atoms with Gasteiger partial charge in [-0.2, -0.15) is 0 Å². The Kier molecular flexibility index (Phi) is 6.85. The fourth-order valence-corrected chi connectivity index (χ4v) is 4.27. The number of fused-ring (bicyclic) bond motifs is 1. The predicted octanol–water partition coefficient (Wildman–Crippen LogP) is 2.98. The van der Waals surface area contributed by atoms with E-state index in [1.54, 1.807) is 24.3 Å². The Hall–Kier alpha value is -2.66. The van der Waals surface area contributed by atoms with E-state index in [4.69, 9.17) is 20.9 Å². The van der Waals surface area contributed by atoms with Crippen LogP contribution in [0.2, 0.25) is 0 Å². The number of ether oxygens (including phenoxy) is 2. The van der Waals surface area contributed by atoms with Gasteiger partial charge in [-0.15, -0.1) is 0 Å². The zero-order chi connectivity index (χ0) is 22.8. The quantitative estimate of drug-likeness (QED) is 0.269. The second kappa shape index (κ2) is 9.23. The minimum Gasteiger partial charge on any atom is -0.506 e. The lowest BCUT2D eigenvalue weighted by Gasteiger charge is -2.35. The second-order valence-corrected chi connectivity index (χ2v) is 8.06. The first-order chi connectivity index (χ1) is 14.7. The van der Waals surface area contributed by atoms with Crippen LogP contribution in [0.1, 0.15) is 11.1 Å². The number of esters is 2. The van der Waals surface area contributed by atoms with E-state index in [0.717, 1.165) is 5.39 Å². The molecule has 3 rings (SSSR count). The van der Waals surface area contributed by atoms with Gasteiger partial charge >= 0.3 is 17.7 Å². The van der Waals surface area contributed by atoms with Crippen LogP contribution >= 0.6 is 31.9 Å². The van der Waals surface area contributed by atoms with Crippen LogP contribution in [0.5, 0.6) is 11.5 Å². The summed E-state index contributed by atoms with van der Waals surface area (Å²) >= 11 is 6.29. The molecule has 6 N–H and O–H groups in total. The zero-order valence-corrected chi connectivity index (χ0v) is 19.1. The van der Waals surface area contributed by atoms with Crippen LogP contribution in [0, 0.1) is 0 Å². The molecule has 3 aromatic carbocycles. The molecule has 0 bridgehead atoms. The van der Waals surface area contributed by atoms with Crippen LogP contribution in [0.25, 0.3) is 10.8 Å². The summed E-state index contributed by atoms with van der Waals surface area (Å²) in [5.74, 6) is -4.88. The molecule has 0 spiro atoms. The first-order valence-corrected chi connectivity index (χ1v) is 10.6. The Morgan fingerprint density at radius 2 is 1.45 bits per heavy atom. The van der Waals surface area contributed by atoms with Gasteiger partial charge in [0, 0.05) is 5.56 Å². The maximum atomic E-state index is 12.4. The van der Waals surface area contributed by atoms with Crippen LogP contribution in [-0.4, -0.2) is 35.2 Å². The zero-order valence-electron chi connectivity index (χ0n) is 16.0. The Morgan fingerprint density at radius 1 is 0.871 bits per heavy atom. The predicted molar refractivity (Wildman–Crippen MR) is 120 cm³/mol. The number of halogens is 2. The van der Waals surface area contributed by atoms with Gasteiger partial charge < -0.3 is 31.2 Å². The third-order valence-electron chi connectivity index (χ3n) is 4.52. The summed E-state index contributed by atoms with van der Waals surface area (Å²) in [6.45, 7) is -1.04. The highest BCUT2D eigenvalue weighted by atomic mass is 79.9. The average molecular weight is 554 g/mol. The molecule has 0 aliphatic heterocycles. The van der Waals surface area contributed by atoms with E-state index >= 15 is 0 Å². The van der Waals surface area contributed by atoms with Crippen molar-refractivity contribution in [2.24, 2.45) is 11.5 Å². The smallest absolute Gasteiger partial charge is 0.323 e. The summed E-state index contributed by atoms with van der Waals surface area (Å²) in [7, 11) is 0. The number of rotatable bonds is 6. The van der Waals surface area contributed by atoms with Crippen molar-refractivity contribution < 1.29 is 29.3 Å².